The number of fused-ring (bicyclic) bond motifs is 1. The van der Waals surface area contributed by atoms with Crippen LogP contribution in [-0.2, 0) is 26.1 Å². The van der Waals surface area contributed by atoms with Gasteiger partial charge < -0.3 is 15.2 Å². The maximum atomic E-state index is 13.1. The van der Waals surface area contributed by atoms with Gasteiger partial charge in [0.15, 0.2) is 0 Å². The number of esters is 2. The number of benzene rings is 2. The predicted octanol–water partition coefficient (Wildman–Crippen LogP) is 2.47. The Morgan fingerprint density at radius 2 is 1.76 bits per heavy atom. The number of methoxy groups -OCH3 is 2. The van der Waals surface area contributed by atoms with Gasteiger partial charge in [-0.25, -0.2) is 9.59 Å². The second-order valence-corrected chi connectivity index (χ2v) is 7.35. The maximum absolute atomic E-state index is 13.1. The normalized spacial score (nSPS) is 16.1. The van der Waals surface area contributed by atoms with E-state index in [0.717, 1.165) is 5.39 Å². The van der Waals surface area contributed by atoms with Crippen LogP contribution in [0.4, 0.5) is 5.69 Å². The number of carbonyl (C=O) groups excluding carboxylic acids is 2. The molecule has 1 aliphatic heterocycles. The Hall–Kier alpha value is -4.58. The van der Waals surface area contributed by atoms with Crippen molar-refractivity contribution in [2.24, 2.45) is 12.8 Å². The third-order valence-corrected chi connectivity index (χ3v) is 5.48. The average Bonchev–Trinajstić information content (AvgIpc) is 3.23. The zero-order valence-corrected chi connectivity index (χ0v) is 18.3. The smallest absolute Gasteiger partial charge is 0.355 e. The van der Waals surface area contributed by atoms with E-state index in [4.69, 9.17) is 15.2 Å². The molecule has 0 spiro atoms. The van der Waals surface area contributed by atoms with Gasteiger partial charge in [0.1, 0.15) is 17.0 Å². The van der Waals surface area contributed by atoms with Gasteiger partial charge in [0.25, 0.3) is 0 Å². The molecule has 33 heavy (non-hydrogen) atoms. The summed E-state index contributed by atoms with van der Waals surface area (Å²) in [6, 6.07) is 16.3. The van der Waals surface area contributed by atoms with E-state index < -0.39 is 17.9 Å². The number of allylic oxidation sites excluding steroid dienone is 1. The highest BCUT2D eigenvalue weighted by Crippen LogP contribution is 2.44. The molecular formula is C24H21N5O4. The van der Waals surface area contributed by atoms with Gasteiger partial charge in [-0.2, -0.15) is 10.4 Å². The average molecular weight is 443 g/mol. The first kappa shape index (κ1) is 21.6. The van der Waals surface area contributed by atoms with Gasteiger partial charge in [-0.05, 0) is 11.6 Å². The lowest BCUT2D eigenvalue weighted by Crippen LogP contribution is -2.40. The molecule has 0 bridgehead atoms. The van der Waals surface area contributed by atoms with Gasteiger partial charge >= 0.3 is 11.9 Å². The summed E-state index contributed by atoms with van der Waals surface area (Å²) in [7, 11) is 4.19. The lowest BCUT2D eigenvalue weighted by atomic mass is 9.81. The first-order valence-corrected chi connectivity index (χ1v) is 10.0. The third kappa shape index (κ3) is 3.47. The molecule has 0 amide bonds. The Labute approximate surface area is 189 Å². The summed E-state index contributed by atoms with van der Waals surface area (Å²) < 4.78 is 11.7. The van der Waals surface area contributed by atoms with Gasteiger partial charge in [0, 0.05) is 18.6 Å². The molecule has 4 rings (SSSR count). The fourth-order valence-corrected chi connectivity index (χ4v) is 4.09. The summed E-state index contributed by atoms with van der Waals surface area (Å²) >= 11 is 0. The minimum absolute atomic E-state index is 0.00226. The Morgan fingerprint density at radius 1 is 1.06 bits per heavy atom. The molecule has 1 aromatic heterocycles. The van der Waals surface area contributed by atoms with Gasteiger partial charge in [0.05, 0.1) is 43.0 Å². The summed E-state index contributed by atoms with van der Waals surface area (Å²) in [5.41, 5.74) is 8.01. The van der Waals surface area contributed by atoms with Gasteiger partial charge in [-0.15, -0.1) is 0 Å². The fraction of sp³-hybridized carbons (Fsp3) is 0.167. The summed E-state index contributed by atoms with van der Waals surface area (Å²) in [4.78, 5) is 27.6. The van der Waals surface area contributed by atoms with Crippen molar-refractivity contribution in [1.29, 1.82) is 5.26 Å². The molecular weight excluding hydrogens is 422 g/mol. The summed E-state index contributed by atoms with van der Waals surface area (Å²) in [5, 5.41) is 15.4. The number of hydrogen-bond donors (Lipinski definition) is 1. The number of ether oxygens (including phenoxy) is 2. The van der Waals surface area contributed by atoms with Crippen LogP contribution in [0.15, 0.2) is 77.4 Å². The summed E-state index contributed by atoms with van der Waals surface area (Å²) in [6.07, 6.45) is 1.81. The van der Waals surface area contributed by atoms with E-state index in [9.17, 15) is 14.9 Å². The van der Waals surface area contributed by atoms with Crippen molar-refractivity contribution in [3.05, 3.63) is 83.0 Å². The van der Waals surface area contributed by atoms with Crippen LogP contribution < -0.4 is 10.6 Å². The van der Waals surface area contributed by atoms with Crippen LogP contribution in [0.1, 0.15) is 11.5 Å². The number of hydrogen-bond acceptors (Lipinski definition) is 8. The second-order valence-electron chi connectivity index (χ2n) is 7.35. The first-order chi connectivity index (χ1) is 15.9. The van der Waals surface area contributed by atoms with Crippen LogP contribution in [0.2, 0.25) is 0 Å². The van der Waals surface area contributed by atoms with Crippen LogP contribution in [0.25, 0.3) is 10.9 Å². The van der Waals surface area contributed by atoms with E-state index in [-0.39, 0.29) is 22.7 Å². The van der Waals surface area contributed by atoms with Gasteiger partial charge in [-0.3, -0.25) is 9.58 Å². The molecule has 2 aromatic carbocycles. The quantitative estimate of drug-likeness (QED) is 0.610. The minimum atomic E-state index is -0.920. The van der Waals surface area contributed by atoms with E-state index in [0.29, 0.717) is 16.8 Å². The van der Waals surface area contributed by atoms with Crippen LogP contribution in [-0.4, -0.2) is 35.9 Å². The molecule has 0 fully saturated rings. The van der Waals surface area contributed by atoms with Crippen LogP contribution >= 0.6 is 0 Å². The molecule has 0 saturated carbocycles. The van der Waals surface area contributed by atoms with Crippen molar-refractivity contribution in [3.8, 4) is 6.07 Å². The van der Waals surface area contributed by atoms with Crippen LogP contribution in [0.5, 0.6) is 0 Å². The van der Waals surface area contributed by atoms with Crippen molar-refractivity contribution >= 4 is 28.5 Å². The zero-order valence-electron chi connectivity index (χ0n) is 18.3. The molecule has 1 aliphatic rings. The monoisotopic (exact) mass is 443 g/mol. The van der Waals surface area contributed by atoms with Crippen LogP contribution in [0.3, 0.4) is 0 Å². The fourth-order valence-electron chi connectivity index (χ4n) is 4.09. The highest BCUT2D eigenvalue weighted by Gasteiger charge is 2.43. The Bertz CT molecular complexity index is 1360. The Kier molecular flexibility index (Phi) is 5.58. The number of aromatic nitrogens is 2. The molecule has 0 saturated heterocycles. The predicted molar refractivity (Wildman–Crippen MR) is 120 cm³/mol. The number of carbonyl (C=O) groups is 2. The lowest BCUT2D eigenvalue weighted by molar-refractivity contribution is -0.139. The maximum Gasteiger partial charge on any atom is 0.355 e. The number of nitriles is 1. The van der Waals surface area contributed by atoms with Crippen LogP contribution in [0, 0.1) is 11.3 Å². The molecule has 9 nitrogen and oxygen atoms in total. The van der Waals surface area contributed by atoms with E-state index in [1.54, 1.807) is 48.1 Å². The number of rotatable bonds is 4. The SMILES string of the molecule is COC(=O)C1=C(C(=O)OC)N(c2cccc3cn(C)nc23)C(N)=C(C#N)C1c1ccccc1. The third-order valence-electron chi connectivity index (χ3n) is 5.48. The topological polar surface area (TPSA) is 123 Å². The number of anilines is 1. The highest BCUT2D eigenvalue weighted by molar-refractivity contribution is 6.08. The summed E-state index contributed by atoms with van der Waals surface area (Å²) in [5.74, 6) is -2.50. The van der Waals surface area contributed by atoms with Gasteiger partial charge in [-0.1, -0.05) is 42.5 Å². The van der Waals surface area contributed by atoms with Crippen molar-refractivity contribution in [2.45, 2.75) is 5.92 Å². The zero-order chi connectivity index (χ0) is 23.7. The molecule has 9 heteroatoms. The highest BCUT2D eigenvalue weighted by atomic mass is 16.5. The molecule has 0 aliphatic carbocycles. The van der Waals surface area contributed by atoms with Crippen molar-refractivity contribution in [2.75, 3.05) is 19.1 Å². The van der Waals surface area contributed by atoms with Crippen molar-refractivity contribution in [3.63, 3.8) is 0 Å². The molecule has 1 unspecified atom stereocenters. The van der Waals surface area contributed by atoms with Gasteiger partial charge in [0.2, 0.25) is 0 Å². The van der Waals surface area contributed by atoms with E-state index in [2.05, 4.69) is 11.2 Å². The summed E-state index contributed by atoms with van der Waals surface area (Å²) in [6.45, 7) is 0. The molecule has 3 aromatic rings. The number of nitrogens with two attached hydrogens (primary N) is 1. The van der Waals surface area contributed by atoms with Crippen molar-refractivity contribution < 1.29 is 19.1 Å². The lowest BCUT2D eigenvalue weighted by Gasteiger charge is -2.35. The van der Waals surface area contributed by atoms with E-state index in [1.165, 1.54) is 19.1 Å². The number of nitrogens with zero attached hydrogens (tertiary/aromatic N) is 4. The first-order valence-electron chi connectivity index (χ1n) is 10.0. The van der Waals surface area contributed by atoms with E-state index in [1.807, 2.05) is 18.3 Å². The Morgan fingerprint density at radius 3 is 2.39 bits per heavy atom. The molecule has 2 heterocycles. The molecule has 1 atom stereocenters. The number of aryl methyl sites for hydroxylation is 1. The molecule has 0 radical (unpaired) electrons. The standard InChI is InChI=1S/C24H21N5O4/c1-28-13-15-10-7-11-17(20(15)27-28)29-21(24(31)33-3)19(23(30)32-2)18(16(12-25)22(29)26)14-8-5-4-6-9-14/h4-11,13,18H,26H2,1-3H3. The largest absolute Gasteiger partial charge is 0.466 e. The van der Waals surface area contributed by atoms with E-state index >= 15 is 0 Å². The molecule has 2 N–H and O–H groups in total. The Balaban J connectivity index is 2.12. The minimum Gasteiger partial charge on any atom is -0.466 e. The van der Waals surface area contributed by atoms with Crippen molar-refractivity contribution in [1.82, 2.24) is 9.78 Å². The second kappa shape index (κ2) is 8.51. The molecule has 166 valence electrons.